The maximum absolute atomic E-state index is 12.1. The lowest BCUT2D eigenvalue weighted by molar-refractivity contribution is -0.252. The third-order valence-corrected chi connectivity index (χ3v) is 10.7. The van der Waals surface area contributed by atoms with E-state index < -0.39 is 50.8 Å². The Kier molecular flexibility index (Phi) is 5.98. The van der Waals surface area contributed by atoms with Crippen molar-refractivity contribution in [3.63, 3.8) is 0 Å². The quantitative estimate of drug-likeness (QED) is 0.570. The highest BCUT2D eigenvalue weighted by molar-refractivity contribution is 6.74. The second-order valence-electron chi connectivity index (χ2n) is 9.01. The van der Waals surface area contributed by atoms with Gasteiger partial charge in [0.05, 0.1) is 7.11 Å². The normalized spacial score (nSPS) is 34.7. The molecule has 0 radical (unpaired) electrons. The summed E-state index contributed by atoms with van der Waals surface area (Å²) in [6, 6.07) is 0. The van der Waals surface area contributed by atoms with Crippen LogP contribution in [0.15, 0.2) is 0 Å². The molecule has 0 spiro atoms. The van der Waals surface area contributed by atoms with Crippen LogP contribution in [-0.2, 0) is 28.2 Å². The molecule has 0 aromatic heterocycles. The summed E-state index contributed by atoms with van der Waals surface area (Å²) in [5.41, 5.74) is 0. The van der Waals surface area contributed by atoms with Crippen LogP contribution in [0.2, 0.25) is 18.1 Å². The predicted octanol–water partition coefficient (Wildman–Crippen LogP) is 2.42. The van der Waals surface area contributed by atoms with Crippen molar-refractivity contribution in [1.29, 1.82) is 0 Å². The molecule has 2 fully saturated rings. The largest absolute Gasteiger partial charge is 0.467 e. The van der Waals surface area contributed by atoms with Gasteiger partial charge in [0.25, 0.3) is 0 Å². The van der Waals surface area contributed by atoms with E-state index in [9.17, 15) is 9.90 Å². The van der Waals surface area contributed by atoms with Gasteiger partial charge in [0.2, 0.25) is 0 Å². The average Bonchev–Trinajstić information content (AvgIpc) is 2.85. The molecule has 152 valence electrons. The SMILES string of the molecule is COC(=O)[C@H]1O[C@@H](O[Si](C)(C)C(C)(C)C(C)C)[C@@H]2OC(C)(C)O[C@H]2[C@@H]1O. The molecule has 2 saturated heterocycles. The van der Waals surface area contributed by atoms with Crippen LogP contribution in [0.3, 0.4) is 0 Å². The zero-order chi connectivity index (χ0) is 20.1. The van der Waals surface area contributed by atoms with E-state index in [1.807, 2.05) is 0 Å². The number of carbonyl (C=O) groups excluding carboxylic acids is 1. The number of hydrogen-bond acceptors (Lipinski definition) is 7. The van der Waals surface area contributed by atoms with Gasteiger partial charge in [0, 0.05) is 0 Å². The van der Waals surface area contributed by atoms with Crippen molar-refractivity contribution >= 4 is 14.3 Å². The van der Waals surface area contributed by atoms with Gasteiger partial charge in [0.15, 0.2) is 26.5 Å². The summed E-state index contributed by atoms with van der Waals surface area (Å²) >= 11 is 0. The first-order valence-corrected chi connectivity index (χ1v) is 12.1. The second kappa shape index (κ2) is 7.14. The van der Waals surface area contributed by atoms with Gasteiger partial charge in [-0.1, -0.05) is 27.7 Å². The molecule has 0 unspecified atom stereocenters. The number of ether oxygens (including phenoxy) is 4. The van der Waals surface area contributed by atoms with E-state index in [1.165, 1.54) is 7.11 Å². The number of aliphatic hydroxyl groups excluding tert-OH is 1. The summed E-state index contributed by atoms with van der Waals surface area (Å²) in [5.74, 6) is -1.14. The monoisotopic (exact) mass is 390 g/mol. The minimum Gasteiger partial charge on any atom is -0.467 e. The molecule has 0 aromatic rings. The Bertz CT molecular complexity index is 532. The molecular weight excluding hydrogens is 356 g/mol. The summed E-state index contributed by atoms with van der Waals surface area (Å²) in [6.07, 6.45) is -4.50. The number of methoxy groups -OCH3 is 1. The fraction of sp³-hybridized carbons (Fsp3) is 0.944. The standard InChI is InChI=1S/C18H34O7Si/c1-10(2)17(3,4)26(8,9)25-16-14-12(23-18(5,6)24-14)11(19)13(22-16)15(20)21-7/h10-14,16,19H,1-9H3/t11-,12-,13-,14+,16-/m0/s1. The Morgan fingerprint density at radius 2 is 1.73 bits per heavy atom. The molecular formula is C18H34O7Si. The molecule has 2 aliphatic heterocycles. The van der Waals surface area contributed by atoms with Crippen molar-refractivity contribution in [3.05, 3.63) is 0 Å². The van der Waals surface area contributed by atoms with Crippen LogP contribution in [0, 0.1) is 5.92 Å². The maximum Gasteiger partial charge on any atom is 0.337 e. The lowest BCUT2D eigenvalue weighted by atomic mass is 9.99. The lowest BCUT2D eigenvalue weighted by Gasteiger charge is -2.47. The van der Waals surface area contributed by atoms with Crippen LogP contribution in [0.1, 0.15) is 41.5 Å². The van der Waals surface area contributed by atoms with E-state index in [4.69, 9.17) is 23.4 Å². The third-order valence-electron chi connectivity index (χ3n) is 6.20. The van der Waals surface area contributed by atoms with Crippen LogP contribution >= 0.6 is 0 Å². The molecule has 0 aliphatic carbocycles. The topological polar surface area (TPSA) is 83.5 Å². The van der Waals surface area contributed by atoms with Gasteiger partial charge in [0.1, 0.15) is 18.3 Å². The zero-order valence-corrected chi connectivity index (χ0v) is 18.4. The Morgan fingerprint density at radius 3 is 2.23 bits per heavy atom. The number of aliphatic hydroxyl groups is 1. The van der Waals surface area contributed by atoms with Crippen molar-refractivity contribution in [1.82, 2.24) is 0 Å². The minimum atomic E-state index is -2.28. The van der Waals surface area contributed by atoms with Crippen LogP contribution in [0.25, 0.3) is 0 Å². The fourth-order valence-corrected chi connectivity index (χ4v) is 5.77. The highest BCUT2D eigenvalue weighted by Crippen LogP contribution is 2.47. The summed E-state index contributed by atoms with van der Waals surface area (Å²) in [6.45, 7) is 16.5. The van der Waals surface area contributed by atoms with E-state index in [-0.39, 0.29) is 5.04 Å². The first-order valence-electron chi connectivity index (χ1n) is 9.18. The number of hydrogen-bond donors (Lipinski definition) is 1. The summed E-state index contributed by atoms with van der Waals surface area (Å²) in [5, 5.41) is 10.5. The van der Waals surface area contributed by atoms with Gasteiger partial charge in [-0.25, -0.2) is 4.79 Å². The van der Waals surface area contributed by atoms with Crippen LogP contribution in [0.5, 0.6) is 0 Å². The predicted molar refractivity (Wildman–Crippen MR) is 98.0 cm³/mol. The first kappa shape index (κ1) is 21.8. The molecule has 8 heteroatoms. The average molecular weight is 391 g/mol. The molecule has 2 aliphatic rings. The molecule has 2 heterocycles. The number of rotatable bonds is 5. The van der Waals surface area contributed by atoms with Crippen molar-refractivity contribution in [2.75, 3.05) is 7.11 Å². The van der Waals surface area contributed by atoms with E-state index in [0.717, 1.165) is 0 Å². The Labute approximate surface area is 157 Å². The Hall–Kier alpha value is -0.513. The van der Waals surface area contributed by atoms with Crippen LogP contribution < -0.4 is 0 Å². The molecule has 0 amide bonds. The lowest BCUT2D eigenvalue weighted by Crippen LogP contribution is -2.62. The van der Waals surface area contributed by atoms with Crippen molar-refractivity contribution in [2.45, 2.75) is 96.2 Å². The molecule has 7 nitrogen and oxygen atoms in total. The van der Waals surface area contributed by atoms with Gasteiger partial charge in [-0.2, -0.15) is 0 Å². The number of esters is 1. The summed E-state index contributed by atoms with van der Waals surface area (Å²) < 4.78 is 28.9. The van der Waals surface area contributed by atoms with E-state index >= 15 is 0 Å². The van der Waals surface area contributed by atoms with Crippen LogP contribution in [0.4, 0.5) is 0 Å². The number of fused-ring (bicyclic) bond motifs is 1. The fourth-order valence-electron chi connectivity index (χ4n) is 3.31. The molecule has 2 rings (SSSR count). The van der Waals surface area contributed by atoms with E-state index in [0.29, 0.717) is 5.92 Å². The smallest absolute Gasteiger partial charge is 0.337 e. The third kappa shape index (κ3) is 3.86. The van der Waals surface area contributed by atoms with Crippen molar-refractivity contribution in [2.24, 2.45) is 5.92 Å². The number of carbonyl (C=O) groups is 1. The van der Waals surface area contributed by atoms with Crippen LogP contribution in [-0.4, -0.2) is 63.0 Å². The minimum absolute atomic E-state index is 0.0440. The molecule has 0 saturated carbocycles. The van der Waals surface area contributed by atoms with Crippen molar-refractivity contribution in [3.8, 4) is 0 Å². The Morgan fingerprint density at radius 1 is 1.19 bits per heavy atom. The maximum atomic E-state index is 12.1. The molecule has 0 aromatic carbocycles. The van der Waals surface area contributed by atoms with Gasteiger partial charge in [-0.3, -0.25) is 0 Å². The van der Waals surface area contributed by atoms with Gasteiger partial charge in [-0.15, -0.1) is 0 Å². The Balaban J connectivity index is 2.31. The van der Waals surface area contributed by atoms with E-state index in [1.54, 1.807) is 13.8 Å². The van der Waals surface area contributed by atoms with Gasteiger partial charge < -0.3 is 28.5 Å². The van der Waals surface area contributed by atoms with E-state index in [2.05, 4.69) is 40.8 Å². The zero-order valence-electron chi connectivity index (χ0n) is 17.4. The highest BCUT2D eigenvalue weighted by Gasteiger charge is 2.59. The molecule has 0 bridgehead atoms. The molecule has 5 atom stereocenters. The van der Waals surface area contributed by atoms with Crippen molar-refractivity contribution < 1.29 is 33.3 Å². The first-order chi connectivity index (χ1) is 11.7. The summed E-state index contributed by atoms with van der Waals surface area (Å²) in [7, 11) is -1.02. The van der Waals surface area contributed by atoms with Gasteiger partial charge in [-0.05, 0) is 37.9 Å². The molecule has 26 heavy (non-hydrogen) atoms. The molecule has 1 N–H and O–H groups in total. The van der Waals surface area contributed by atoms with Gasteiger partial charge >= 0.3 is 5.97 Å². The second-order valence-corrected chi connectivity index (χ2v) is 13.6. The summed E-state index contributed by atoms with van der Waals surface area (Å²) in [4.78, 5) is 12.1. The highest BCUT2D eigenvalue weighted by atomic mass is 28.4.